The van der Waals surface area contributed by atoms with Crippen LogP contribution in [0.3, 0.4) is 0 Å². The molecule has 1 aromatic rings. The van der Waals surface area contributed by atoms with Crippen molar-refractivity contribution in [1.29, 1.82) is 0 Å². The lowest BCUT2D eigenvalue weighted by molar-refractivity contribution is -0.157. The number of amides is 1. The van der Waals surface area contributed by atoms with Gasteiger partial charge in [-0.3, -0.25) is 24.1 Å². The van der Waals surface area contributed by atoms with Crippen molar-refractivity contribution in [2.24, 2.45) is 23.2 Å². The van der Waals surface area contributed by atoms with Crippen LogP contribution in [-0.2, 0) is 19.1 Å². The molecule has 1 aromatic carbocycles. The van der Waals surface area contributed by atoms with Crippen LogP contribution in [0.15, 0.2) is 24.3 Å². The second-order valence-electron chi connectivity index (χ2n) is 9.02. The number of hydrogen-bond acceptors (Lipinski definition) is 5. The highest BCUT2D eigenvalue weighted by molar-refractivity contribution is 6.52. The summed E-state index contributed by atoms with van der Waals surface area (Å²) in [6.07, 6.45) is 6.54. The van der Waals surface area contributed by atoms with Crippen molar-refractivity contribution in [3.63, 3.8) is 0 Å². The summed E-state index contributed by atoms with van der Waals surface area (Å²) in [5.41, 5.74) is 0.410. The molecule has 6 heteroatoms. The lowest BCUT2D eigenvalue weighted by atomic mass is 9.48. The third kappa shape index (κ3) is 2.69. The van der Waals surface area contributed by atoms with Gasteiger partial charge in [-0.05, 0) is 68.4 Å². The van der Waals surface area contributed by atoms with Crippen LogP contribution in [-0.4, -0.2) is 36.6 Å². The van der Waals surface area contributed by atoms with E-state index >= 15 is 0 Å². The van der Waals surface area contributed by atoms with Gasteiger partial charge in [-0.1, -0.05) is 12.1 Å². The number of fused-ring (bicyclic) bond motifs is 1. The molecule has 1 heterocycles. The molecule has 0 radical (unpaired) electrons. The molecule has 0 atom stereocenters. The number of rotatable bonds is 5. The molecule has 0 spiro atoms. The summed E-state index contributed by atoms with van der Waals surface area (Å²) in [6, 6.07) is 6.58. The average Bonchev–Trinajstić information content (AvgIpc) is 2.90. The Morgan fingerprint density at radius 1 is 1.00 bits per heavy atom. The number of benzene rings is 1. The maximum atomic E-state index is 12.9. The highest BCUT2D eigenvalue weighted by Crippen LogP contribution is 2.60. The molecule has 0 aromatic heterocycles. The fourth-order valence-corrected chi connectivity index (χ4v) is 6.33. The fraction of sp³-hybridized carbons (Fsp3) is 0.545. The van der Waals surface area contributed by atoms with Crippen molar-refractivity contribution >= 4 is 29.1 Å². The Morgan fingerprint density at radius 3 is 2.25 bits per heavy atom. The number of carbonyl (C=O) groups excluding carboxylic acids is 4. The molecular weight excluding hydrogens is 358 g/mol. The molecule has 6 rings (SSSR count). The molecule has 4 aliphatic carbocycles. The maximum absolute atomic E-state index is 12.9. The summed E-state index contributed by atoms with van der Waals surface area (Å²) in [5.74, 6) is -0.0272. The fourth-order valence-electron chi connectivity index (χ4n) is 6.33. The summed E-state index contributed by atoms with van der Waals surface area (Å²) in [4.78, 5) is 50.6. The molecule has 0 saturated heterocycles. The normalized spacial score (nSPS) is 32.6. The van der Waals surface area contributed by atoms with E-state index in [0.717, 1.165) is 24.2 Å². The van der Waals surface area contributed by atoms with Gasteiger partial charge in [0, 0.05) is 5.41 Å². The lowest BCUT2D eigenvalue weighted by Gasteiger charge is -2.55. The van der Waals surface area contributed by atoms with Crippen molar-refractivity contribution in [2.75, 3.05) is 18.1 Å². The molecule has 5 aliphatic rings. The van der Waals surface area contributed by atoms with E-state index in [1.165, 1.54) is 19.3 Å². The highest BCUT2D eigenvalue weighted by Gasteiger charge is 2.54. The van der Waals surface area contributed by atoms with Gasteiger partial charge in [0.25, 0.3) is 11.7 Å². The topological polar surface area (TPSA) is 80.8 Å². The Bertz CT molecular complexity index is 853. The van der Waals surface area contributed by atoms with Crippen molar-refractivity contribution in [3.8, 4) is 0 Å². The van der Waals surface area contributed by atoms with E-state index in [1.807, 2.05) is 0 Å². The first-order chi connectivity index (χ1) is 13.4. The van der Waals surface area contributed by atoms with E-state index in [4.69, 9.17) is 4.74 Å². The Labute approximate surface area is 163 Å². The van der Waals surface area contributed by atoms with Crippen LogP contribution in [0.1, 0.15) is 48.9 Å². The molecule has 1 amide bonds. The predicted molar refractivity (Wildman–Crippen MR) is 99.7 cm³/mol. The minimum atomic E-state index is -0.731. The number of ketones is 2. The minimum absolute atomic E-state index is 0.0316. The van der Waals surface area contributed by atoms with Gasteiger partial charge in [0.15, 0.2) is 12.4 Å². The Morgan fingerprint density at radius 2 is 1.61 bits per heavy atom. The molecule has 4 fully saturated rings. The number of nitrogens with zero attached hydrogens (tertiary/aromatic N) is 1. The van der Waals surface area contributed by atoms with E-state index in [2.05, 4.69) is 0 Å². The lowest BCUT2D eigenvalue weighted by Crippen LogP contribution is -2.51. The number of Topliss-reactive ketones (excluding diaryl/α,β-unsaturated/α-hetero) is 2. The summed E-state index contributed by atoms with van der Waals surface area (Å²) in [6.45, 7) is -0.585. The van der Waals surface area contributed by atoms with Gasteiger partial charge in [0.1, 0.15) is 6.54 Å². The molecule has 4 bridgehead atoms. The number of anilines is 1. The number of ether oxygens (including phenoxy) is 1. The molecule has 4 saturated carbocycles. The zero-order valence-corrected chi connectivity index (χ0v) is 15.7. The summed E-state index contributed by atoms with van der Waals surface area (Å²) < 4.78 is 5.26. The van der Waals surface area contributed by atoms with Gasteiger partial charge in [0.05, 0.1) is 11.3 Å². The van der Waals surface area contributed by atoms with Crippen molar-refractivity contribution in [3.05, 3.63) is 29.8 Å². The minimum Gasteiger partial charge on any atom is -0.456 e. The highest BCUT2D eigenvalue weighted by atomic mass is 16.5. The van der Waals surface area contributed by atoms with E-state index in [9.17, 15) is 19.2 Å². The van der Waals surface area contributed by atoms with E-state index in [0.29, 0.717) is 29.0 Å². The van der Waals surface area contributed by atoms with Gasteiger partial charge < -0.3 is 4.74 Å². The third-order valence-corrected chi connectivity index (χ3v) is 7.16. The van der Waals surface area contributed by atoms with Crippen molar-refractivity contribution in [2.45, 2.75) is 38.5 Å². The van der Waals surface area contributed by atoms with Crippen LogP contribution in [0.4, 0.5) is 5.69 Å². The first-order valence-corrected chi connectivity index (χ1v) is 10.1. The van der Waals surface area contributed by atoms with Crippen LogP contribution >= 0.6 is 0 Å². The maximum Gasteiger partial charge on any atom is 0.326 e. The zero-order chi connectivity index (χ0) is 19.5. The molecule has 28 heavy (non-hydrogen) atoms. The number of para-hydroxylation sites is 1. The van der Waals surface area contributed by atoms with E-state index in [-0.39, 0.29) is 24.3 Å². The summed E-state index contributed by atoms with van der Waals surface area (Å²) in [7, 11) is 0. The SMILES string of the molecule is O=C(CN1C(=O)C(=O)c2ccccc21)OCC(=O)C12CC3CC(CC(C3)C1)C2. The second kappa shape index (κ2) is 6.26. The smallest absolute Gasteiger partial charge is 0.326 e. The number of hydrogen-bond donors (Lipinski definition) is 0. The van der Waals surface area contributed by atoms with E-state index < -0.39 is 17.7 Å². The largest absolute Gasteiger partial charge is 0.456 e. The van der Waals surface area contributed by atoms with Gasteiger partial charge in [-0.2, -0.15) is 0 Å². The predicted octanol–water partition coefficient (Wildman–Crippen LogP) is 2.54. The number of carbonyl (C=O) groups is 4. The average molecular weight is 381 g/mol. The van der Waals surface area contributed by atoms with Crippen LogP contribution < -0.4 is 4.90 Å². The van der Waals surface area contributed by atoms with Gasteiger partial charge in [0.2, 0.25) is 0 Å². The van der Waals surface area contributed by atoms with E-state index in [1.54, 1.807) is 24.3 Å². The quantitative estimate of drug-likeness (QED) is 0.578. The third-order valence-electron chi connectivity index (χ3n) is 7.16. The molecule has 1 aliphatic heterocycles. The Kier molecular flexibility index (Phi) is 3.93. The molecule has 0 unspecified atom stereocenters. The molecule has 0 N–H and O–H groups in total. The summed E-state index contributed by atoms with van der Waals surface area (Å²) in [5, 5.41) is 0. The van der Waals surface area contributed by atoms with Gasteiger partial charge in [-0.15, -0.1) is 0 Å². The second-order valence-corrected chi connectivity index (χ2v) is 9.02. The first-order valence-electron chi connectivity index (χ1n) is 10.1. The Balaban J connectivity index is 1.22. The Hall–Kier alpha value is -2.50. The molecular formula is C22H23NO5. The van der Waals surface area contributed by atoms with Crippen LogP contribution in [0.2, 0.25) is 0 Å². The van der Waals surface area contributed by atoms with Crippen LogP contribution in [0.5, 0.6) is 0 Å². The van der Waals surface area contributed by atoms with Gasteiger partial charge >= 0.3 is 5.97 Å². The van der Waals surface area contributed by atoms with Gasteiger partial charge in [-0.25, -0.2) is 0 Å². The first kappa shape index (κ1) is 17.6. The standard InChI is InChI=1S/C22H23NO5/c24-18(22-8-13-5-14(9-22)7-15(6-13)10-22)12-28-19(25)11-23-17-4-2-1-3-16(17)20(26)21(23)27/h1-4,13-15H,5-12H2. The van der Waals surface area contributed by atoms with Crippen molar-refractivity contribution in [1.82, 2.24) is 0 Å². The van der Waals surface area contributed by atoms with Crippen LogP contribution in [0.25, 0.3) is 0 Å². The number of esters is 1. The van der Waals surface area contributed by atoms with Crippen molar-refractivity contribution < 1.29 is 23.9 Å². The van der Waals surface area contributed by atoms with Crippen LogP contribution in [0, 0.1) is 23.2 Å². The zero-order valence-electron chi connectivity index (χ0n) is 15.7. The monoisotopic (exact) mass is 381 g/mol. The molecule has 146 valence electrons. The molecule has 6 nitrogen and oxygen atoms in total. The summed E-state index contributed by atoms with van der Waals surface area (Å²) >= 11 is 0.